The van der Waals surface area contributed by atoms with Crippen molar-refractivity contribution >= 4 is 5.84 Å². The van der Waals surface area contributed by atoms with Crippen molar-refractivity contribution in [1.29, 1.82) is 0 Å². The van der Waals surface area contributed by atoms with E-state index < -0.39 is 0 Å². The Balaban J connectivity index is 2.07. The van der Waals surface area contributed by atoms with Crippen molar-refractivity contribution in [3.05, 3.63) is 12.2 Å². The maximum absolute atomic E-state index is 9.32. The van der Waals surface area contributed by atoms with Gasteiger partial charge in [0.2, 0.25) is 0 Å². The molecule has 1 heterocycles. The number of quaternary nitrogens is 1. The summed E-state index contributed by atoms with van der Waals surface area (Å²) in [7, 11) is 0. The molecule has 0 amide bonds. The average Bonchev–Trinajstić information content (AvgIpc) is 2.96. The van der Waals surface area contributed by atoms with Crippen LogP contribution in [0.15, 0.2) is 17.1 Å². The van der Waals surface area contributed by atoms with Gasteiger partial charge in [-0.25, -0.2) is 4.99 Å². The highest BCUT2D eigenvalue weighted by Gasteiger charge is 2.35. The molecule has 1 atom stereocenters. The van der Waals surface area contributed by atoms with Gasteiger partial charge in [-0.2, -0.15) is 0 Å². The van der Waals surface area contributed by atoms with Gasteiger partial charge in [0.05, 0.1) is 19.7 Å². The molecule has 0 bridgehead atoms. The number of aliphatic imine (C=N–C) groups is 1. The van der Waals surface area contributed by atoms with Gasteiger partial charge in [-0.05, 0) is 39.0 Å². The Morgan fingerprint density at radius 3 is 2.30 bits per heavy atom. The summed E-state index contributed by atoms with van der Waals surface area (Å²) in [5.74, 6) is 1.34. The number of rotatable bonds is 14. The lowest BCUT2D eigenvalue weighted by Gasteiger charge is -2.33. The Hall–Kier alpha value is -0.670. The van der Waals surface area contributed by atoms with Gasteiger partial charge in [0.15, 0.2) is 5.84 Å². The van der Waals surface area contributed by atoms with Crippen molar-refractivity contribution in [2.75, 3.05) is 32.8 Å². The molecule has 3 heteroatoms. The van der Waals surface area contributed by atoms with Gasteiger partial charge >= 0.3 is 0 Å². The van der Waals surface area contributed by atoms with Crippen LogP contribution in [-0.2, 0) is 0 Å². The zero-order valence-electron chi connectivity index (χ0n) is 15.6. The number of likely N-dealkylation sites (N-methyl/N-ethyl adjacent to an activating group) is 1. The van der Waals surface area contributed by atoms with E-state index in [1.165, 1.54) is 63.6 Å². The largest absolute Gasteiger partial charge is 0.390 e. The number of amidine groups is 1. The minimum Gasteiger partial charge on any atom is -0.390 e. The molecule has 0 saturated heterocycles. The fraction of sp³-hybridized carbons (Fsp3) is 0.850. The molecule has 0 aromatic rings. The summed E-state index contributed by atoms with van der Waals surface area (Å²) in [5.41, 5.74) is 0. The van der Waals surface area contributed by atoms with Crippen molar-refractivity contribution in [3.63, 3.8) is 0 Å². The predicted molar refractivity (Wildman–Crippen MR) is 101 cm³/mol. The number of hydrogen-bond acceptors (Lipinski definition) is 2. The molecule has 0 aromatic carbocycles. The van der Waals surface area contributed by atoms with Gasteiger partial charge in [0.25, 0.3) is 0 Å². The smallest absolute Gasteiger partial charge is 0.198 e. The molecule has 3 nitrogen and oxygen atoms in total. The van der Waals surface area contributed by atoms with E-state index in [0.717, 1.165) is 37.1 Å². The first-order chi connectivity index (χ1) is 11.3. The highest BCUT2D eigenvalue weighted by atomic mass is 16.3. The van der Waals surface area contributed by atoms with Crippen LogP contribution in [0, 0.1) is 0 Å². The maximum atomic E-state index is 9.32. The van der Waals surface area contributed by atoms with Crippen LogP contribution in [0.3, 0.4) is 0 Å². The number of aliphatic hydroxyl groups is 1. The predicted octanol–water partition coefficient (Wildman–Crippen LogP) is 4.70. The molecule has 1 rings (SSSR count). The Kier molecular flexibility index (Phi) is 11.3. The first-order valence-corrected chi connectivity index (χ1v) is 9.95. The van der Waals surface area contributed by atoms with E-state index in [4.69, 9.17) is 4.99 Å². The van der Waals surface area contributed by atoms with Gasteiger partial charge in [-0.15, -0.1) is 0 Å². The second-order valence-electron chi connectivity index (χ2n) is 6.85. The SMILES string of the molecule is CCCCCC/C=C/CCCCCC1=NCC[N+]1(CC)CCO. The molecule has 0 fully saturated rings. The molecule has 1 aliphatic rings. The maximum Gasteiger partial charge on any atom is 0.198 e. The highest BCUT2D eigenvalue weighted by Crippen LogP contribution is 2.19. The summed E-state index contributed by atoms with van der Waals surface area (Å²) >= 11 is 0. The molecular weight excluding hydrogens is 284 g/mol. The number of aliphatic hydroxyl groups excluding tert-OH is 1. The monoisotopic (exact) mass is 323 g/mol. The number of unbranched alkanes of at least 4 members (excludes halogenated alkanes) is 7. The molecule has 134 valence electrons. The van der Waals surface area contributed by atoms with Gasteiger partial charge < -0.3 is 5.11 Å². The third-order valence-corrected chi connectivity index (χ3v) is 5.17. The average molecular weight is 324 g/mol. The van der Waals surface area contributed by atoms with E-state index in [9.17, 15) is 5.11 Å². The number of nitrogens with zero attached hydrogens (tertiary/aromatic N) is 2. The summed E-state index contributed by atoms with van der Waals surface area (Å²) in [5, 5.41) is 9.32. The number of allylic oxidation sites excluding steroid dienone is 2. The summed E-state index contributed by atoms with van der Waals surface area (Å²) in [6.07, 6.45) is 17.6. The van der Waals surface area contributed by atoms with Crippen LogP contribution in [0.5, 0.6) is 0 Å². The first-order valence-electron chi connectivity index (χ1n) is 9.95. The molecule has 0 spiro atoms. The van der Waals surface area contributed by atoms with E-state index in [1.54, 1.807) is 0 Å². The van der Waals surface area contributed by atoms with Gasteiger partial charge in [-0.3, -0.25) is 4.48 Å². The quantitative estimate of drug-likeness (QED) is 0.280. The van der Waals surface area contributed by atoms with Crippen molar-refractivity contribution in [1.82, 2.24) is 0 Å². The van der Waals surface area contributed by atoms with Crippen molar-refractivity contribution in [2.45, 2.75) is 78.1 Å². The lowest BCUT2D eigenvalue weighted by Crippen LogP contribution is -2.52. The van der Waals surface area contributed by atoms with Gasteiger partial charge in [0.1, 0.15) is 13.1 Å². The summed E-state index contributed by atoms with van der Waals surface area (Å²) in [6, 6.07) is 0. The fourth-order valence-corrected chi connectivity index (χ4v) is 3.54. The molecule has 1 aliphatic heterocycles. The summed E-state index contributed by atoms with van der Waals surface area (Å²) < 4.78 is 0.939. The van der Waals surface area contributed by atoms with Crippen LogP contribution in [0.4, 0.5) is 0 Å². The molecule has 1 N–H and O–H groups in total. The van der Waals surface area contributed by atoms with Crippen LogP contribution >= 0.6 is 0 Å². The Morgan fingerprint density at radius 2 is 1.70 bits per heavy atom. The van der Waals surface area contributed by atoms with E-state index in [0.29, 0.717) is 0 Å². The lowest BCUT2D eigenvalue weighted by molar-refractivity contribution is -0.835. The molecule has 1 unspecified atom stereocenters. The minimum absolute atomic E-state index is 0.274. The Morgan fingerprint density at radius 1 is 1.00 bits per heavy atom. The Labute approximate surface area is 144 Å². The van der Waals surface area contributed by atoms with Crippen molar-refractivity contribution in [2.24, 2.45) is 4.99 Å². The zero-order chi connectivity index (χ0) is 16.8. The fourth-order valence-electron chi connectivity index (χ4n) is 3.54. The van der Waals surface area contributed by atoms with Gasteiger partial charge in [0, 0.05) is 6.42 Å². The van der Waals surface area contributed by atoms with E-state index in [2.05, 4.69) is 26.0 Å². The van der Waals surface area contributed by atoms with Crippen LogP contribution in [0.2, 0.25) is 0 Å². The van der Waals surface area contributed by atoms with Crippen LogP contribution in [-0.4, -0.2) is 48.2 Å². The molecule has 0 saturated carbocycles. The van der Waals surface area contributed by atoms with Crippen LogP contribution in [0.25, 0.3) is 0 Å². The molecule has 0 radical (unpaired) electrons. The van der Waals surface area contributed by atoms with Crippen molar-refractivity contribution < 1.29 is 9.59 Å². The summed E-state index contributed by atoms with van der Waals surface area (Å²) in [4.78, 5) is 4.73. The van der Waals surface area contributed by atoms with E-state index in [1.807, 2.05) is 0 Å². The zero-order valence-corrected chi connectivity index (χ0v) is 15.6. The molecule has 23 heavy (non-hydrogen) atoms. The summed E-state index contributed by atoms with van der Waals surface area (Å²) in [6.45, 7) is 8.71. The van der Waals surface area contributed by atoms with Gasteiger partial charge in [-0.1, -0.05) is 44.8 Å². The number of hydrogen-bond donors (Lipinski definition) is 1. The third kappa shape index (κ3) is 7.63. The normalized spacial score (nSPS) is 21.3. The van der Waals surface area contributed by atoms with Crippen LogP contribution < -0.4 is 0 Å². The minimum atomic E-state index is 0.274. The van der Waals surface area contributed by atoms with E-state index in [-0.39, 0.29) is 6.61 Å². The van der Waals surface area contributed by atoms with E-state index >= 15 is 0 Å². The third-order valence-electron chi connectivity index (χ3n) is 5.17. The highest BCUT2D eigenvalue weighted by molar-refractivity contribution is 5.76. The molecule has 0 aliphatic carbocycles. The standard InChI is InChI=1S/C20H39N2O/c1-3-5-6-7-8-9-10-11-12-13-14-15-20-21-16-17-22(20,4-2)18-19-23/h9-10,23H,3-8,11-19H2,1-2H3/q+1/b10-9+. The topological polar surface area (TPSA) is 32.6 Å². The lowest BCUT2D eigenvalue weighted by atomic mass is 10.1. The molecular formula is C20H39N2O+. The molecule has 0 aromatic heterocycles. The second-order valence-corrected chi connectivity index (χ2v) is 6.85. The first kappa shape index (κ1) is 20.4. The Bertz CT molecular complexity index is 352. The van der Waals surface area contributed by atoms with Crippen molar-refractivity contribution in [3.8, 4) is 0 Å². The second kappa shape index (κ2) is 12.7. The van der Waals surface area contributed by atoms with Crippen LogP contribution in [0.1, 0.15) is 78.1 Å².